The molecule has 1 aliphatic heterocycles. The monoisotopic (exact) mass is 412 g/mol. The van der Waals surface area contributed by atoms with Crippen LogP contribution in [-0.4, -0.2) is 29.9 Å². The van der Waals surface area contributed by atoms with E-state index in [0.29, 0.717) is 12.0 Å². The summed E-state index contributed by atoms with van der Waals surface area (Å²) in [7, 11) is 0. The molecule has 1 aliphatic carbocycles. The first-order valence-electron chi connectivity index (χ1n) is 9.51. The number of hydrogen-bond donors (Lipinski definition) is 1. The van der Waals surface area contributed by atoms with Crippen LogP contribution < -0.4 is 5.32 Å². The maximum absolute atomic E-state index is 12.6. The maximum Gasteiger partial charge on any atom is 0.223 e. The molecule has 1 saturated heterocycles. The van der Waals surface area contributed by atoms with Gasteiger partial charge < -0.3 is 5.32 Å². The summed E-state index contributed by atoms with van der Waals surface area (Å²) in [6.45, 7) is 3.12. The number of carbonyl (C=O) groups is 1. The van der Waals surface area contributed by atoms with Crippen LogP contribution in [-0.2, 0) is 11.3 Å². The molecule has 0 radical (unpaired) electrons. The molecule has 4 rings (SSSR count). The number of rotatable bonds is 5. The third-order valence-corrected chi connectivity index (χ3v) is 6.08. The van der Waals surface area contributed by atoms with E-state index in [2.05, 4.69) is 74.7 Å². The van der Waals surface area contributed by atoms with Crippen molar-refractivity contribution in [3.8, 4) is 0 Å². The molecule has 1 amide bonds. The van der Waals surface area contributed by atoms with Crippen molar-refractivity contribution in [1.82, 2.24) is 10.2 Å². The summed E-state index contributed by atoms with van der Waals surface area (Å²) < 4.78 is 1.09. The Hall–Kier alpha value is -1.65. The van der Waals surface area contributed by atoms with E-state index in [-0.39, 0.29) is 11.8 Å². The van der Waals surface area contributed by atoms with E-state index in [1.54, 1.807) is 0 Å². The molecule has 0 bridgehead atoms. The molecule has 1 saturated carbocycles. The molecule has 2 aliphatic rings. The Labute approximate surface area is 163 Å². The smallest absolute Gasteiger partial charge is 0.223 e. The summed E-state index contributed by atoms with van der Waals surface area (Å²) >= 11 is 3.52. The van der Waals surface area contributed by atoms with Gasteiger partial charge in [-0.25, -0.2) is 0 Å². The minimum Gasteiger partial charge on any atom is -0.353 e. The first-order valence-corrected chi connectivity index (χ1v) is 10.3. The zero-order valence-electron chi connectivity index (χ0n) is 14.9. The lowest BCUT2D eigenvalue weighted by Crippen LogP contribution is -2.44. The number of nitrogens with zero attached hydrogens (tertiary/aromatic N) is 1. The first-order chi connectivity index (χ1) is 12.7. The van der Waals surface area contributed by atoms with Gasteiger partial charge in [0.15, 0.2) is 0 Å². The highest BCUT2D eigenvalue weighted by Crippen LogP contribution is 2.48. The number of likely N-dealkylation sites (tertiary alicyclic amines) is 1. The second kappa shape index (κ2) is 7.93. The molecule has 2 atom stereocenters. The maximum atomic E-state index is 12.6. The van der Waals surface area contributed by atoms with Crippen molar-refractivity contribution in [1.29, 1.82) is 0 Å². The Morgan fingerprint density at radius 2 is 1.85 bits per heavy atom. The summed E-state index contributed by atoms with van der Waals surface area (Å²) in [5.41, 5.74) is 2.64. The average molecular weight is 413 g/mol. The van der Waals surface area contributed by atoms with Crippen LogP contribution in [0.1, 0.15) is 36.3 Å². The number of piperidine rings is 1. The van der Waals surface area contributed by atoms with Crippen molar-refractivity contribution in [2.24, 2.45) is 5.92 Å². The topological polar surface area (TPSA) is 32.3 Å². The van der Waals surface area contributed by atoms with Crippen molar-refractivity contribution in [2.45, 2.75) is 37.8 Å². The zero-order chi connectivity index (χ0) is 17.9. The van der Waals surface area contributed by atoms with Gasteiger partial charge in [-0.05, 0) is 48.4 Å². The fraction of sp³-hybridized carbons (Fsp3) is 0.409. The summed E-state index contributed by atoms with van der Waals surface area (Å²) in [4.78, 5) is 15.1. The Bertz CT molecular complexity index is 756. The highest BCUT2D eigenvalue weighted by Gasteiger charge is 2.44. The number of nitrogens with one attached hydrogen (secondary N) is 1. The van der Waals surface area contributed by atoms with Crippen molar-refractivity contribution in [3.05, 3.63) is 70.2 Å². The Morgan fingerprint density at radius 3 is 2.58 bits per heavy atom. The fourth-order valence-corrected chi connectivity index (χ4v) is 4.39. The minimum atomic E-state index is 0.159. The van der Waals surface area contributed by atoms with Crippen LogP contribution >= 0.6 is 15.9 Å². The molecule has 26 heavy (non-hydrogen) atoms. The van der Waals surface area contributed by atoms with E-state index < -0.39 is 0 Å². The molecule has 2 fully saturated rings. The van der Waals surface area contributed by atoms with Gasteiger partial charge in [-0.3, -0.25) is 9.69 Å². The van der Waals surface area contributed by atoms with Crippen molar-refractivity contribution >= 4 is 21.8 Å². The summed E-state index contributed by atoms with van der Waals surface area (Å²) in [5.74, 6) is 0.800. The third-order valence-electron chi connectivity index (χ3n) is 5.59. The molecule has 3 nitrogen and oxygen atoms in total. The van der Waals surface area contributed by atoms with Gasteiger partial charge in [-0.15, -0.1) is 0 Å². The number of carbonyl (C=O) groups excluding carboxylic acids is 1. The minimum absolute atomic E-state index is 0.159. The van der Waals surface area contributed by atoms with Gasteiger partial charge in [0.2, 0.25) is 5.91 Å². The zero-order valence-corrected chi connectivity index (χ0v) is 16.5. The van der Waals surface area contributed by atoms with Gasteiger partial charge in [-0.1, -0.05) is 58.4 Å². The predicted molar refractivity (Wildman–Crippen MR) is 108 cm³/mol. The van der Waals surface area contributed by atoms with Crippen LogP contribution in [0.25, 0.3) is 0 Å². The van der Waals surface area contributed by atoms with E-state index in [0.717, 1.165) is 43.4 Å². The fourth-order valence-electron chi connectivity index (χ4n) is 3.98. The highest BCUT2D eigenvalue weighted by molar-refractivity contribution is 9.10. The number of benzene rings is 2. The van der Waals surface area contributed by atoms with Crippen LogP contribution in [0.4, 0.5) is 0 Å². The van der Waals surface area contributed by atoms with Gasteiger partial charge in [0.25, 0.3) is 0 Å². The Kier molecular flexibility index (Phi) is 5.41. The van der Waals surface area contributed by atoms with Crippen LogP contribution in [0.5, 0.6) is 0 Å². The molecule has 2 aromatic carbocycles. The molecular formula is C22H25BrN2O. The largest absolute Gasteiger partial charge is 0.353 e. The second-order valence-electron chi connectivity index (χ2n) is 7.55. The van der Waals surface area contributed by atoms with Gasteiger partial charge in [-0.2, -0.15) is 0 Å². The molecule has 4 heteroatoms. The van der Waals surface area contributed by atoms with E-state index in [4.69, 9.17) is 0 Å². The molecule has 1 heterocycles. The van der Waals surface area contributed by atoms with E-state index in [9.17, 15) is 4.79 Å². The number of halogens is 1. The lowest BCUT2D eigenvalue weighted by molar-refractivity contribution is -0.123. The van der Waals surface area contributed by atoms with Crippen LogP contribution in [0, 0.1) is 5.92 Å². The van der Waals surface area contributed by atoms with E-state index in [1.807, 2.05) is 6.07 Å². The molecule has 0 spiro atoms. The lowest BCUT2D eigenvalue weighted by Gasteiger charge is -2.32. The normalized spacial score (nSPS) is 23.6. The molecule has 2 aromatic rings. The standard InChI is InChI=1S/C22H25BrN2O/c23-18-8-4-7-17(13-18)20-14-21(20)22(26)24-19-9-11-25(12-10-19)15-16-5-2-1-3-6-16/h1-8,13,19-21H,9-12,14-15H2,(H,24,26). The van der Waals surface area contributed by atoms with Gasteiger partial charge in [0, 0.05) is 36.1 Å². The second-order valence-corrected chi connectivity index (χ2v) is 8.46. The van der Waals surface area contributed by atoms with E-state index >= 15 is 0 Å². The number of hydrogen-bond acceptors (Lipinski definition) is 2. The first kappa shape index (κ1) is 17.7. The van der Waals surface area contributed by atoms with Crippen LogP contribution in [0.2, 0.25) is 0 Å². The Balaban J connectivity index is 1.23. The van der Waals surface area contributed by atoms with Crippen LogP contribution in [0.3, 0.4) is 0 Å². The van der Waals surface area contributed by atoms with Crippen molar-refractivity contribution in [2.75, 3.05) is 13.1 Å². The molecule has 2 unspecified atom stereocenters. The molecular weight excluding hydrogens is 388 g/mol. The lowest BCUT2D eigenvalue weighted by atomic mass is 10.0. The summed E-state index contributed by atoms with van der Waals surface area (Å²) in [6.07, 6.45) is 3.08. The Morgan fingerprint density at radius 1 is 1.08 bits per heavy atom. The van der Waals surface area contributed by atoms with Crippen molar-refractivity contribution in [3.63, 3.8) is 0 Å². The average Bonchev–Trinajstić information content (AvgIpc) is 3.45. The predicted octanol–water partition coefficient (Wildman–Crippen LogP) is 4.33. The van der Waals surface area contributed by atoms with Crippen LogP contribution in [0.15, 0.2) is 59.1 Å². The quantitative estimate of drug-likeness (QED) is 0.791. The van der Waals surface area contributed by atoms with Gasteiger partial charge in [0.05, 0.1) is 0 Å². The van der Waals surface area contributed by atoms with Crippen molar-refractivity contribution < 1.29 is 4.79 Å². The SMILES string of the molecule is O=C(NC1CCN(Cc2ccccc2)CC1)C1CC1c1cccc(Br)c1. The highest BCUT2D eigenvalue weighted by atomic mass is 79.9. The number of amides is 1. The molecule has 1 N–H and O–H groups in total. The van der Waals surface area contributed by atoms with Gasteiger partial charge in [0.1, 0.15) is 0 Å². The third kappa shape index (κ3) is 4.36. The molecule has 0 aromatic heterocycles. The summed E-state index contributed by atoms with van der Waals surface area (Å²) in [6, 6.07) is 19.3. The molecule has 136 valence electrons. The van der Waals surface area contributed by atoms with Gasteiger partial charge >= 0.3 is 0 Å². The van der Waals surface area contributed by atoms with E-state index in [1.165, 1.54) is 11.1 Å². The summed E-state index contributed by atoms with van der Waals surface area (Å²) in [5, 5.41) is 3.30.